The Morgan fingerprint density at radius 3 is 2.81 bits per heavy atom. The first-order valence-corrected chi connectivity index (χ1v) is 9.15. The molecule has 0 radical (unpaired) electrons. The van der Waals surface area contributed by atoms with Crippen LogP contribution < -0.4 is 15.4 Å². The van der Waals surface area contributed by atoms with Gasteiger partial charge in [-0.3, -0.25) is 4.99 Å². The van der Waals surface area contributed by atoms with Crippen molar-refractivity contribution in [3.63, 3.8) is 0 Å². The molecule has 2 heterocycles. The van der Waals surface area contributed by atoms with E-state index in [1.54, 1.807) is 19.5 Å². The number of hydrogen-bond acceptors (Lipinski definition) is 4. The standard InChI is InChI=1S/C20H30N4O2/c1-15(2)12-16(3)26-19-13-17(7-9-22-19)14-24-20(21-4)23-10-8-18-6-5-11-25-18/h5-7,9,11,13,15-16H,8,10,12,14H2,1-4H3,(H2,21,23,24). The maximum Gasteiger partial charge on any atom is 0.213 e. The van der Waals surface area contributed by atoms with Crippen molar-refractivity contribution in [2.24, 2.45) is 10.9 Å². The molecule has 0 saturated heterocycles. The number of ether oxygens (including phenoxy) is 1. The summed E-state index contributed by atoms with van der Waals surface area (Å²) < 4.78 is 11.2. The molecule has 0 aliphatic heterocycles. The van der Waals surface area contributed by atoms with Crippen LogP contribution in [0.15, 0.2) is 46.1 Å². The zero-order chi connectivity index (χ0) is 18.8. The molecule has 142 valence electrons. The van der Waals surface area contributed by atoms with Gasteiger partial charge < -0.3 is 19.8 Å². The molecule has 0 amide bonds. The van der Waals surface area contributed by atoms with Gasteiger partial charge in [-0.25, -0.2) is 4.98 Å². The predicted molar refractivity (Wildman–Crippen MR) is 104 cm³/mol. The van der Waals surface area contributed by atoms with Gasteiger partial charge in [0.2, 0.25) is 5.88 Å². The van der Waals surface area contributed by atoms with Crippen molar-refractivity contribution in [2.45, 2.75) is 46.3 Å². The van der Waals surface area contributed by atoms with Crippen LogP contribution in [-0.4, -0.2) is 30.6 Å². The number of rotatable bonds is 9. The van der Waals surface area contributed by atoms with Gasteiger partial charge in [-0.2, -0.15) is 0 Å². The summed E-state index contributed by atoms with van der Waals surface area (Å²) in [6.07, 6.45) is 5.45. The minimum absolute atomic E-state index is 0.154. The van der Waals surface area contributed by atoms with Crippen LogP contribution in [0.3, 0.4) is 0 Å². The van der Waals surface area contributed by atoms with Crippen LogP contribution >= 0.6 is 0 Å². The molecule has 2 N–H and O–H groups in total. The summed E-state index contributed by atoms with van der Waals surface area (Å²) >= 11 is 0. The molecule has 6 nitrogen and oxygen atoms in total. The fraction of sp³-hybridized carbons (Fsp3) is 0.500. The predicted octanol–water partition coefficient (Wildman–Crippen LogP) is 3.40. The summed E-state index contributed by atoms with van der Waals surface area (Å²) in [7, 11) is 1.76. The third kappa shape index (κ3) is 7.17. The fourth-order valence-corrected chi connectivity index (χ4v) is 2.71. The molecular formula is C20H30N4O2. The van der Waals surface area contributed by atoms with Crippen LogP contribution in [0.1, 0.15) is 38.5 Å². The quantitative estimate of drug-likeness (QED) is 0.531. The largest absolute Gasteiger partial charge is 0.475 e. The Bertz CT molecular complexity index is 668. The van der Waals surface area contributed by atoms with Gasteiger partial charge in [0.25, 0.3) is 0 Å². The Morgan fingerprint density at radius 2 is 2.12 bits per heavy atom. The van der Waals surface area contributed by atoms with Gasteiger partial charge in [0.15, 0.2) is 5.96 Å². The van der Waals surface area contributed by atoms with Crippen molar-refractivity contribution >= 4 is 5.96 Å². The maximum atomic E-state index is 5.91. The van der Waals surface area contributed by atoms with E-state index in [4.69, 9.17) is 9.15 Å². The summed E-state index contributed by atoms with van der Waals surface area (Å²) in [5, 5.41) is 6.58. The van der Waals surface area contributed by atoms with Gasteiger partial charge in [-0.1, -0.05) is 13.8 Å². The second kappa shape index (κ2) is 10.5. The SMILES string of the molecule is CN=C(NCCc1ccco1)NCc1ccnc(OC(C)CC(C)C)c1. The number of nitrogens with one attached hydrogen (secondary N) is 2. The van der Waals surface area contributed by atoms with Crippen LogP contribution in [0.25, 0.3) is 0 Å². The normalized spacial score (nSPS) is 12.9. The number of nitrogens with zero attached hydrogens (tertiary/aromatic N) is 2. The van der Waals surface area contributed by atoms with Crippen molar-refractivity contribution in [1.29, 1.82) is 0 Å². The Morgan fingerprint density at radius 1 is 1.27 bits per heavy atom. The van der Waals surface area contributed by atoms with Crippen molar-refractivity contribution in [2.75, 3.05) is 13.6 Å². The Hall–Kier alpha value is -2.50. The van der Waals surface area contributed by atoms with Gasteiger partial charge in [0, 0.05) is 38.8 Å². The second-order valence-electron chi connectivity index (χ2n) is 6.74. The number of hydrogen-bond donors (Lipinski definition) is 2. The molecule has 0 spiro atoms. The van der Waals surface area contributed by atoms with E-state index < -0.39 is 0 Å². The van der Waals surface area contributed by atoms with Gasteiger partial charge in [0.1, 0.15) is 5.76 Å². The molecule has 1 atom stereocenters. The molecule has 0 aromatic carbocycles. The van der Waals surface area contributed by atoms with E-state index in [0.717, 1.165) is 36.7 Å². The summed E-state index contributed by atoms with van der Waals surface area (Å²) in [4.78, 5) is 8.55. The van der Waals surface area contributed by atoms with Crippen molar-refractivity contribution < 1.29 is 9.15 Å². The molecule has 0 aliphatic carbocycles. The monoisotopic (exact) mass is 358 g/mol. The van der Waals surface area contributed by atoms with Crippen LogP contribution in [0.2, 0.25) is 0 Å². The average molecular weight is 358 g/mol. The van der Waals surface area contributed by atoms with Crippen LogP contribution in [0.4, 0.5) is 0 Å². The van der Waals surface area contributed by atoms with E-state index in [1.807, 2.05) is 24.3 Å². The maximum absolute atomic E-state index is 5.91. The Kier molecular flexibility index (Phi) is 7.99. The minimum Gasteiger partial charge on any atom is -0.475 e. The topological polar surface area (TPSA) is 71.7 Å². The zero-order valence-electron chi connectivity index (χ0n) is 16.2. The van der Waals surface area contributed by atoms with Gasteiger partial charge in [-0.15, -0.1) is 0 Å². The fourth-order valence-electron chi connectivity index (χ4n) is 2.71. The van der Waals surface area contributed by atoms with Crippen LogP contribution in [0.5, 0.6) is 5.88 Å². The molecule has 2 rings (SSSR count). The zero-order valence-corrected chi connectivity index (χ0v) is 16.2. The van der Waals surface area contributed by atoms with E-state index in [9.17, 15) is 0 Å². The van der Waals surface area contributed by atoms with E-state index in [0.29, 0.717) is 18.3 Å². The second-order valence-corrected chi connectivity index (χ2v) is 6.74. The minimum atomic E-state index is 0.154. The lowest BCUT2D eigenvalue weighted by molar-refractivity contribution is 0.185. The van der Waals surface area contributed by atoms with Crippen LogP contribution in [-0.2, 0) is 13.0 Å². The first-order valence-electron chi connectivity index (χ1n) is 9.15. The van der Waals surface area contributed by atoms with E-state index in [2.05, 4.69) is 41.4 Å². The molecule has 0 fully saturated rings. The Labute approximate surface area is 156 Å². The molecule has 2 aromatic heterocycles. The summed E-state index contributed by atoms with van der Waals surface area (Å²) in [5.41, 5.74) is 1.10. The highest BCUT2D eigenvalue weighted by Gasteiger charge is 2.08. The van der Waals surface area contributed by atoms with Crippen molar-refractivity contribution in [1.82, 2.24) is 15.6 Å². The Balaban J connectivity index is 1.78. The highest BCUT2D eigenvalue weighted by molar-refractivity contribution is 5.79. The number of pyridine rings is 1. The highest BCUT2D eigenvalue weighted by atomic mass is 16.5. The number of aliphatic imine (C=N–C) groups is 1. The molecule has 0 bridgehead atoms. The smallest absolute Gasteiger partial charge is 0.213 e. The van der Waals surface area contributed by atoms with Crippen LogP contribution in [0, 0.1) is 5.92 Å². The molecule has 0 aliphatic rings. The lowest BCUT2D eigenvalue weighted by Gasteiger charge is -2.16. The van der Waals surface area contributed by atoms with Gasteiger partial charge in [0.05, 0.1) is 12.4 Å². The van der Waals surface area contributed by atoms with E-state index in [-0.39, 0.29) is 6.10 Å². The first-order chi connectivity index (χ1) is 12.6. The van der Waals surface area contributed by atoms with E-state index >= 15 is 0 Å². The number of aromatic nitrogens is 1. The highest BCUT2D eigenvalue weighted by Crippen LogP contribution is 2.14. The third-order valence-electron chi connectivity index (χ3n) is 3.85. The average Bonchev–Trinajstić information content (AvgIpc) is 3.11. The number of furan rings is 1. The molecule has 6 heteroatoms. The molecule has 2 aromatic rings. The first kappa shape index (κ1) is 19.8. The lowest BCUT2D eigenvalue weighted by Crippen LogP contribution is -2.37. The lowest BCUT2D eigenvalue weighted by atomic mass is 10.1. The molecule has 1 unspecified atom stereocenters. The third-order valence-corrected chi connectivity index (χ3v) is 3.85. The van der Waals surface area contributed by atoms with Crippen molar-refractivity contribution in [3.8, 4) is 5.88 Å². The summed E-state index contributed by atoms with van der Waals surface area (Å²) in [5.74, 6) is 2.98. The van der Waals surface area contributed by atoms with Gasteiger partial charge in [-0.05, 0) is 43.0 Å². The molecule has 0 saturated carbocycles. The van der Waals surface area contributed by atoms with Crippen molar-refractivity contribution in [3.05, 3.63) is 48.0 Å². The number of guanidine groups is 1. The summed E-state index contributed by atoms with van der Waals surface area (Å²) in [6, 6.07) is 7.81. The molecular weight excluding hydrogens is 328 g/mol. The summed E-state index contributed by atoms with van der Waals surface area (Å²) in [6.45, 7) is 7.87. The molecule has 26 heavy (non-hydrogen) atoms. The van der Waals surface area contributed by atoms with E-state index in [1.165, 1.54) is 0 Å². The van der Waals surface area contributed by atoms with Gasteiger partial charge >= 0.3 is 0 Å².